The molecule has 1 N–H and O–H groups in total. The van der Waals surface area contributed by atoms with Crippen molar-refractivity contribution in [3.8, 4) is 11.1 Å². The quantitative estimate of drug-likeness (QED) is 0.126. The average Bonchev–Trinajstić information content (AvgIpc) is 2.77. The summed E-state index contributed by atoms with van der Waals surface area (Å²) in [6.07, 6.45) is 3.36. The molecular weight excluding hydrogens is 481 g/mol. The van der Waals surface area contributed by atoms with E-state index in [4.69, 9.17) is 25.6 Å². The molecule has 4 aromatic rings. The fourth-order valence-electron chi connectivity index (χ4n) is 3.89. The molecule has 0 aromatic heterocycles. The lowest BCUT2D eigenvalue weighted by Crippen LogP contribution is -2.21. The van der Waals surface area contributed by atoms with Crippen LogP contribution in [0.15, 0.2) is 78.9 Å². The number of benzene rings is 4. The SMILES string of the molecule is CCCC(S)Cc1cccc(-c2c3ccccc3cc3ccccc23)c1.O=S(=O)(O)C(F)(F)F. The van der Waals surface area contributed by atoms with Gasteiger partial charge in [-0.15, -0.1) is 0 Å². The Labute approximate surface area is 202 Å². The first-order valence-corrected chi connectivity index (χ1v) is 12.7. The summed E-state index contributed by atoms with van der Waals surface area (Å²) in [5, 5.41) is 5.66. The van der Waals surface area contributed by atoms with E-state index in [1.165, 1.54) is 44.7 Å². The van der Waals surface area contributed by atoms with E-state index >= 15 is 0 Å². The first-order valence-electron chi connectivity index (χ1n) is 10.7. The number of hydrogen-bond donors (Lipinski definition) is 2. The third kappa shape index (κ3) is 6.31. The van der Waals surface area contributed by atoms with E-state index in [1.807, 2.05) is 0 Å². The highest BCUT2D eigenvalue weighted by molar-refractivity contribution is 7.86. The van der Waals surface area contributed by atoms with Crippen LogP contribution in [0.5, 0.6) is 0 Å². The van der Waals surface area contributed by atoms with E-state index in [1.54, 1.807) is 0 Å². The van der Waals surface area contributed by atoms with E-state index in [0.29, 0.717) is 5.25 Å². The minimum Gasteiger partial charge on any atom is -0.279 e. The predicted octanol–water partition coefficient (Wildman–Crippen LogP) is 7.70. The molecule has 4 rings (SSSR count). The molecule has 4 aromatic carbocycles. The van der Waals surface area contributed by atoms with Crippen molar-refractivity contribution in [1.82, 2.24) is 0 Å². The average molecular weight is 507 g/mol. The topological polar surface area (TPSA) is 54.4 Å². The van der Waals surface area contributed by atoms with Crippen LogP contribution in [-0.2, 0) is 16.5 Å². The fourth-order valence-corrected chi connectivity index (χ4v) is 4.35. The smallest absolute Gasteiger partial charge is 0.279 e. The summed E-state index contributed by atoms with van der Waals surface area (Å²) < 4.78 is 57.5. The molecule has 1 unspecified atom stereocenters. The Morgan fingerprint density at radius 1 is 0.882 bits per heavy atom. The van der Waals surface area contributed by atoms with Crippen LogP contribution in [0.1, 0.15) is 25.3 Å². The lowest BCUT2D eigenvalue weighted by molar-refractivity contribution is -0.0510. The van der Waals surface area contributed by atoms with Crippen LogP contribution in [0.3, 0.4) is 0 Å². The van der Waals surface area contributed by atoms with Gasteiger partial charge in [-0.25, -0.2) is 0 Å². The van der Waals surface area contributed by atoms with Gasteiger partial charge in [0.25, 0.3) is 0 Å². The Bertz CT molecular complexity index is 1330. The molecule has 3 nitrogen and oxygen atoms in total. The van der Waals surface area contributed by atoms with Crippen molar-refractivity contribution in [2.24, 2.45) is 0 Å². The van der Waals surface area contributed by atoms with E-state index in [2.05, 4.69) is 85.8 Å². The van der Waals surface area contributed by atoms with Gasteiger partial charge >= 0.3 is 15.6 Å². The minimum atomic E-state index is -5.84. The number of hydrogen-bond acceptors (Lipinski definition) is 3. The molecule has 0 heterocycles. The van der Waals surface area contributed by atoms with Crippen molar-refractivity contribution in [3.63, 3.8) is 0 Å². The largest absolute Gasteiger partial charge is 0.522 e. The molecule has 1 atom stereocenters. The molecule has 0 aliphatic rings. The third-order valence-electron chi connectivity index (χ3n) is 5.37. The van der Waals surface area contributed by atoms with Gasteiger partial charge in [0.1, 0.15) is 0 Å². The Morgan fingerprint density at radius 2 is 1.41 bits per heavy atom. The summed E-state index contributed by atoms with van der Waals surface area (Å²) in [7, 11) is -5.84. The maximum Gasteiger partial charge on any atom is 0.522 e. The second-order valence-corrected chi connectivity index (χ2v) is 10.1. The zero-order chi connectivity index (χ0) is 24.9. The minimum absolute atomic E-state index is 0.430. The standard InChI is InChI=1S/C25H24S.CHF3O3S/c1-2-8-22(26)16-18-9-7-12-21(15-18)25-23-13-5-3-10-19(23)17-20-11-4-6-14-24(20)25;2-1(3,4)8(5,6)7/h3-7,9-15,17,22,26H,2,8,16H2,1H3;(H,5,6,7). The van der Waals surface area contributed by atoms with Crippen LogP contribution in [0.2, 0.25) is 0 Å². The maximum atomic E-state index is 10.7. The summed E-state index contributed by atoms with van der Waals surface area (Å²) in [6.45, 7) is 2.22. The number of rotatable bonds is 5. The summed E-state index contributed by atoms with van der Waals surface area (Å²) >= 11 is 4.76. The number of thiol groups is 1. The van der Waals surface area contributed by atoms with Crippen LogP contribution in [0.4, 0.5) is 13.2 Å². The Hall–Kier alpha value is -2.55. The molecular formula is C26H25F3O3S2. The molecule has 0 saturated carbocycles. The fraction of sp³-hybridized carbons (Fsp3) is 0.231. The van der Waals surface area contributed by atoms with Crippen LogP contribution >= 0.6 is 12.6 Å². The van der Waals surface area contributed by atoms with Gasteiger partial charge in [-0.1, -0.05) is 86.1 Å². The molecule has 0 amide bonds. The first-order chi connectivity index (χ1) is 16.0. The second-order valence-electron chi connectivity index (χ2n) is 7.96. The van der Waals surface area contributed by atoms with E-state index in [-0.39, 0.29) is 0 Å². The first kappa shape index (κ1) is 26.1. The summed E-state index contributed by atoms with van der Waals surface area (Å²) in [5.41, 5.74) is -1.53. The highest BCUT2D eigenvalue weighted by Gasteiger charge is 2.44. The predicted molar refractivity (Wildman–Crippen MR) is 136 cm³/mol. The summed E-state index contributed by atoms with van der Waals surface area (Å²) in [5.74, 6) is 0. The zero-order valence-electron chi connectivity index (χ0n) is 18.5. The Balaban J connectivity index is 0.000000350. The second kappa shape index (κ2) is 10.8. The molecule has 0 spiro atoms. The van der Waals surface area contributed by atoms with Crippen LogP contribution < -0.4 is 0 Å². The van der Waals surface area contributed by atoms with Gasteiger partial charge in [-0.3, -0.25) is 4.55 Å². The van der Waals surface area contributed by atoms with Crippen molar-refractivity contribution in [2.75, 3.05) is 0 Å². The van der Waals surface area contributed by atoms with Gasteiger partial charge in [-0.2, -0.15) is 34.2 Å². The molecule has 0 bridgehead atoms. The van der Waals surface area contributed by atoms with Crippen molar-refractivity contribution in [1.29, 1.82) is 0 Å². The Kier molecular flexibility index (Phi) is 8.28. The molecule has 0 fully saturated rings. The highest BCUT2D eigenvalue weighted by Crippen LogP contribution is 2.36. The van der Waals surface area contributed by atoms with E-state index < -0.39 is 15.6 Å². The van der Waals surface area contributed by atoms with Crippen molar-refractivity contribution in [3.05, 3.63) is 84.4 Å². The Morgan fingerprint density at radius 3 is 1.91 bits per heavy atom. The molecule has 0 aliphatic heterocycles. The maximum absolute atomic E-state index is 10.7. The van der Waals surface area contributed by atoms with Gasteiger partial charge in [0, 0.05) is 5.25 Å². The normalized spacial score (nSPS) is 12.9. The summed E-state index contributed by atoms with van der Waals surface area (Å²) in [4.78, 5) is 0. The van der Waals surface area contributed by atoms with Gasteiger partial charge < -0.3 is 0 Å². The van der Waals surface area contributed by atoms with Crippen molar-refractivity contribution < 1.29 is 26.1 Å². The van der Waals surface area contributed by atoms with E-state index in [0.717, 1.165) is 12.8 Å². The molecule has 0 saturated heterocycles. The van der Waals surface area contributed by atoms with Gasteiger partial charge in [0.2, 0.25) is 0 Å². The molecule has 180 valence electrons. The van der Waals surface area contributed by atoms with Gasteiger partial charge in [-0.05, 0) is 57.1 Å². The van der Waals surface area contributed by atoms with Gasteiger partial charge in [0.15, 0.2) is 0 Å². The third-order valence-corrected chi connectivity index (χ3v) is 6.40. The van der Waals surface area contributed by atoms with Crippen LogP contribution in [0.25, 0.3) is 32.7 Å². The van der Waals surface area contributed by atoms with E-state index in [9.17, 15) is 13.2 Å². The molecule has 8 heteroatoms. The lowest BCUT2D eigenvalue weighted by atomic mass is 9.91. The molecule has 34 heavy (non-hydrogen) atoms. The van der Waals surface area contributed by atoms with Crippen LogP contribution in [0, 0.1) is 0 Å². The zero-order valence-corrected chi connectivity index (χ0v) is 20.2. The number of alkyl halides is 3. The summed E-state index contributed by atoms with van der Waals surface area (Å²) in [6, 6.07) is 28.7. The van der Waals surface area contributed by atoms with Crippen molar-refractivity contribution >= 4 is 44.3 Å². The highest BCUT2D eigenvalue weighted by atomic mass is 32.2. The lowest BCUT2D eigenvalue weighted by Gasteiger charge is -2.14. The number of fused-ring (bicyclic) bond motifs is 2. The van der Waals surface area contributed by atoms with Crippen molar-refractivity contribution in [2.45, 2.75) is 36.9 Å². The van der Waals surface area contributed by atoms with Crippen LogP contribution in [-0.4, -0.2) is 23.7 Å². The number of halogens is 3. The van der Waals surface area contributed by atoms with Gasteiger partial charge in [0.05, 0.1) is 0 Å². The molecule has 0 radical (unpaired) electrons. The monoisotopic (exact) mass is 506 g/mol. The molecule has 0 aliphatic carbocycles.